The van der Waals surface area contributed by atoms with Crippen LogP contribution in [0.2, 0.25) is 0 Å². The maximum absolute atomic E-state index is 12.1. The first-order valence-corrected chi connectivity index (χ1v) is 9.47. The number of nitrogens with zero attached hydrogens (tertiary/aromatic N) is 1. The Morgan fingerprint density at radius 1 is 1.07 bits per heavy atom. The van der Waals surface area contributed by atoms with E-state index in [0.29, 0.717) is 31.2 Å². The minimum absolute atomic E-state index is 0.000476. The maximum Gasteiger partial charge on any atom is 0.231 e. The van der Waals surface area contributed by atoms with Gasteiger partial charge in [-0.25, -0.2) is 0 Å². The van der Waals surface area contributed by atoms with E-state index < -0.39 is 0 Å². The summed E-state index contributed by atoms with van der Waals surface area (Å²) in [4.78, 5) is 13.8. The fourth-order valence-electron chi connectivity index (χ4n) is 3.31. The van der Waals surface area contributed by atoms with E-state index in [0.717, 1.165) is 30.2 Å². The van der Waals surface area contributed by atoms with Crippen LogP contribution in [0, 0.1) is 0 Å². The number of fused-ring (bicyclic) bond motifs is 2. The monoisotopic (exact) mass is 384 g/mol. The lowest BCUT2D eigenvalue weighted by atomic mass is 10.2. The summed E-state index contributed by atoms with van der Waals surface area (Å²) in [6, 6.07) is 13.3. The summed E-state index contributed by atoms with van der Waals surface area (Å²) in [6.07, 6.45) is 0.797. The van der Waals surface area contributed by atoms with E-state index in [4.69, 9.17) is 18.9 Å². The zero-order chi connectivity index (χ0) is 19.3. The predicted octanol–water partition coefficient (Wildman–Crippen LogP) is 2.59. The maximum atomic E-state index is 12.1. The molecule has 1 unspecified atom stereocenters. The third kappa shape index (κ3) is 4.14. The van der Waals surface area contributed by atoms with Gasteiger partial charge in [-0.3, -0.25) is 4.79 Å². The van der Waals surface area contributed by atoms with Crippen molar-refractivity contribution >= 4 is 11.6 Å². The van der Waals surface area contributed by atoms with Crippen LogP contribution in [0.15, 0.2) is 42.5 Å². The first-order valence-electron chi connectivity index (χ1n) is 9.47. The van der Waals surface area contributed by atoms with Gasteiger partial charge in [-0.15, -0.1) is 0 Å². The van der Waals surface area contributed by atoms with Crippen LogP contribution in [0.3, 0.4) is 0 Å². The van der Waals surface area contributed by atoms with Crippen LogP contribution in [0.4, 0.5) is 5.69 Å². The zero-order valence-corrected chi connectivity index (χ0v) is 15.8. The van der Waals surface area contributed by atoms with E-state index in [2.05, 4.69) is 5.32 Å². The lowest BCUT2D eigenvalue weighted by molar-refractivity contribution is -0.116. The van der Waals surface area contributed by atoms with Crippen LogP contribution in [-0.4, -0.2) is 45.0 Å². The van der Waals surface area contributed by atoms with E-state index in [1.807, 2.05) is 42.5 Å². The molecule has 2 aromatic rings. The number of benzene rings is 2. The number of carbonyl (C=O) groups excluding carboxylic acids is 1. The Bertz CT molecular complexity index is 841. The summed E-state index contributed by atoms with van der Waals surface area (Å²) < 4.78 is 22.4. The van der Waals surface area contributed by atoms with Crippen molar-refractivity contribution in [3.05, 3.63) is 42.5 Å². The molecule has 2 aromatic carbocycles. The highest BCUT2D eigenvalue weighted by atomic mass is 16.7. The standard InChI is InChI=1S/C21H24N2O5/c1-15(24)23(16-7-8-19-21(11-16)27-14-26-19)10-4-9-22-12-17-13-25-18-5-2-3-6-20(18)28-17/h2-3,5-8,11,17,22H,4,9-10,12-14H2,1H3. The Balaban J connectivity index is 1.23. The van der Waals surface area contributed by atoms with Crippen LogP contribution < -0.4 is 29.2 Å². The smallest absolute Gasteiger partial charge is 0.231 e. The van der Waals surface area contributed by atoms with Crippen molar-refractivity contribution in [2.75, 3.05) is 37.9 Å². The number of amides is 1. The number of rotatable bonds is 7. The molecular formula is C21H24N2O5. The average Bonchev–Trinajstić information content (AvgIpc) is 3.18. The van der Waals surface area contributed by atoms with Crippen molar-refractivity contribution < 1.29 is 23.7 Å². The molecule has 0 fully saturated rings. The molecule has 2 aliphatic rings. The molecule has 0 saturated carbocycles. The van der Waals surface area contributed by atoms with Gasteiger partial charge in [-0.05, 0) is 37.2 Å². The molecular weight excluding hydrogens is 360 g/mol. The van der Waals surface area contributed by atoms with Gasteiger partial charge in [0, 0.05) is 31.8 Å². The molecule has 0 saturated heterocycles. The van der Waals surface area contributed by atoms with Gasteiger partial charge in [0.15, 0.2) is 23.0 Å². The van der Waals surface area contributed by atoms with Crippen LogP contribution in [-0.2, 0) is 4.79 Å². The van der Waals surface area contributed by atoms with Crippen LogP contribution >= 0.6 is 0 Å². The highest BCUT2D eigenvalue weighted by Crippen LogP contribution is 2.35. The highest BCUT2D eigenvalue weighted by molar-refractivity contribution is 5.91. The molecule has 4 rings (SSSR count). The number of para-hydroxylation sites is 2. The van der Waals surface area contributed by atoms with E-state index in [-0.39, 0.29) is 18.8 Å². The first-order chi connectivity index (χ1) is 13.7. The van der Waals surface area contributed by atoms with E-state index in [1.54, 1.807) is 11.8 Å². The molecule has 7 heteroatoms. The fourth-order valence-corrected chi connectivity index (χ4v) is 3.31. The fraction of sp³-hybridized carbons (Fsp3) is 0.381. The third-order valence-corrected chi connectivity index (χ3v) is 4.72. The van der Waals surface area contributed by atoms with Gasteiger partial charge in [0.1, 0.15) is 12.7 Å². The van der Waals surface area contributed by atoms with Crippen molar-refractivity contribution in [3.63, 3.8) is 0 Å². The van der Waals surface area contributed by atoms with Gasteiger partial charge >= 0.3 is 0 Å². The van der Waals surface area contributed by atoms with Gasteiger partial charge in [0.2, 0.25) is 12.7 Å². The second-order valence-electron chi connectivity index (χ2n) is 6.76. The molecule has 0 aromatic heterocycles. The van der Waals surface area contributed by atoms with Crippen molar-refractivity contribution in [1.82, 2.24) is 5.32 Å². The van der Waals surface area contributed by atoms with Crippen molar-refractivity contribution in [2.45, 2.75) is 19.4 Å². The molecule has 1 amide bonds. The molecule has 2 heterocycles. The molecule has 1 atom stereocenters. The predicted molar refractivity (Wildman–Crippen MR) is 104 cm³/mol. The summed E-state index contributed by atoms with van der Waals surface area (Å²) in [6.45, 7) is 4.41. The quantitative estimate of drug-likeness (QED) is 0.740. The van der Waals surface area contributed by atoms with Crippen molar-refractivity contribution in [1.29, 1.82) is 0 Å². The zero-order valence-electron chi connectivity index (χ0n) is 15.8. The van der Waals surface area contributed by atoms with E-state index in [1.165, 1.54) is 0 Å². The molecule has 0 radical (unpaired) electrons. The molecule has 0 aliphatic carbocycles. The van der Waals surface area contributed by atoms with Crippen LogP contribution in [0.1, 0.15) is 13.3 Å². The molecule has 2 aliphatic heterocycles. The second kappa shape index (κ2) is 8.39. The molecule has 148 valence electrons. The van der Waals surface area contributed by atoms with Crippen molar-refractivity contribution in [2.24, 2.45) is 0 Å². The molecule has 28 heavy (non-hydrogen) atoms. The Morgan fingerprint density at radius 3 is 2.71 bits per heavy atom. The lowest BCUT2D eigenvalue weighted by Gasteiger charge is -2.27. The summed E-state index contributed by atoms with van der Waals surface area (Å²) in [5.74, 6) is 2.96. The molecule has 1 N–H and O–H groups in total. The lowest BCUT2D eigenvalue weighted by Crippen LogP contribution is -2.39. The van der Waals surface area contributed by atoms with Gasteiger partial charge in [-0.1, -0.05) is 12.1 Å². The Morgan fingerprint density at radius 2 is 1.86 bits per heavy atom. The first kappa shape index (κ1) is 18.4. The number of ether oxygens (including phenoxy) is 4. The third-order valence-electron chi connectivity index (χ3n) is 4.72. The molecule has 0 spiro atoms. The molecule has 7 nitrogen and oxygen atoms in total. The Kier molecular flexibility index (Phi) is 5.53. The van der Waals surface area contributed by atoms with E-state index in [9.17, 15) is 4.79 Å². The molecule has 0 bridgehead atoms. The summed E-state index contributed by atoms with van der Waals surface area (Å²) in [7, 11) is 0. The SMILES string of the molecule is CC(=O)N(CCCNCC1COc2ccccc2O1)c1ccc2c(c1)OCO2. The minimum Gasteiger partial charge on any atom is -0.486 e. The topological polar surface area (TPSA) is 69.3 Å². The average molecular weight is 384 g/mol. The van der Waals surface area contributed by atoms with E-state index >= 15 is 0 Å². The minimum atomic E-state index is -0.0207. The summed E-state index contributed by atoms with van der Waals surface area (Å²) in [5.41, 5.74) is 0.817. The largest absolute Gasteiger partial charge is 0.486 e. The number of carbonyl (C=O) groups is 1. The van der Waals surface area contributed by atoms with Gasteiger partial charge in [-0.2, -0.15) is 0 Å². The van der Waals surface area contributed by atoms with Gasteiger partial charge in [0.05, 0.1) is 0 Å². The summed E-state index contributed by atoms with van der Waals surface area (Å²) >= 11 is 0. The van der Waals surface area contributed by atoms with Gasteiger partial charge < -0.3 is 29.2 Å². The van der Waals surface area contributed by atoms with Crippen LogP contribution in [0.25, 0.3) is 0 Å². The second-order valence-corrected chi connectivity index (χ2v) is 6.76. The number of nitrogens with one attached hydrogen (secondary N) is 1. The number of hydrogen-bond donors (Lipinski definition) is 1. The highest BCUT2D eigenvalue weighted by Gasteiger charge is 2.20. The summed E-state index contributed by atoms with van der Waals surface area (Å²) in [5, 5.41) is 3.39. The number of hydrogen-bond acceptors (Lipinski definition) is 6. The Labute approximate surface area is 164 Å². The van der Waals surface area contributed by atoms with Gasteiger partial charge in [0.25, 0.3) is 0 Å². The van der Waals surface area contributed by atoms with Crippen molar-refractivity contribution in [3.8, 4) is 23.0 Å². The Hall–Kier alpha value is -2.93. The van der Waals surface area contributed by atoms with Crippen LogP contribution in [0.5, 0.6) is 23.0 Å². The number of anilines is 1. The normalized spacial score (nSPS) is 16.7.